The number of ether oxygens (including phenoxy) is 1. The Morgan fingerprint density at radius 3 is 2.88 bits per heavy atom. The normalized spacial score (nSPS) is 10.8. The maximum atomic E-state index is 13.2. The highest BCUT2D eigenvalue weighted by molar-refractivity contribution is 14.2. The molecule has 0 saturated heterocycles. The van der Waals surface area contributed by atoms with Crippen LogP contribution in [0.4, 0.5) is 4.39 Å². The predicted molar refractivity (Wildman–Crippen MR) is 70.2 cm³/mol. The van der Waals surface area contributed by atoms with Gasteiger partial charge in [0.15, 0.2) is 5.65 Å². The minimum atomic E-state index is -1.10. The fourth-order valence-electron chi connectivity index (χ4n) is 1.48. The van der Waals surface area contributed by atoms with Gasteiger partial charge in [0, 0.05) is 36.4 Å². The summed E-state index contributed by atoms with van der Waals surface area (Å²) in [5.74, 6) is -1.55. The molecule has 0 aliphatic carbocycles. The molecule has 0 spiro atoms. The molecule has 0 fully saturated rings. The number of carbonyl (C=O) groups is 1. The number of hydrogen-bond acceptors (Lipinski definition) is 4. The van der Waals surface area contributed by atoms with Gasteiger partial charge in [0.2, 0.25) is 5.95 Å². The largest absolute Gasteiger partial charge is 0.496 e. The van der Waals surface area contributed by atoms with Gasteiger partial charge >= 0.3 is 5.97 Å². The van der Waals surface area contributed by atoms with Gasteiger partial charge in [0.25, 0.3) is 0 Å². The molecule has 0 amide bonds. The molecule has 5 nitrogen and oxygen atoms in total. The van der Waals surface area contributed by atoms with Gasteiger partial charge in [-0.15, -0.1) is 0 Å². The van der Waals surface area contributed by atoms with Crippen LogP contribution in [0.15, 0.2) is 12.1 Å². The van der Waals surface area contributed by atoms with E-state index >= 15 is 0 Å². The third kappa shape index (κ3) is 2.06. The highest BCUT2D eigenvalue weighted by Crippen LogP contribution is 2.32. The minimum absolute atomic E-state index is 0.0239. The van der Waals surface area contributed by atoms with Gasteiger partial charge in [-0.2, -0.15) is 4.39 Å². The number of fused-ring (bicyclic) bond motifs is 1. The van der Waals surface area contributed by atoms with Crippen LogP contribution < -0.4 is 4.74 Å². The second-order valence-electron chi connectivity index (χ2n) is 3.08. The Bertz CT molecular complexity index is 601. The molecule has 0 bridgehead atoms. The summed E-state index contributed by atoms with van der Waals surface area (Å²) in [5, 5.41) is 9.50. The van der Waals surface area contributed by atoms with Gasteiger partial charge in [0.1, 0.15) is 11.4 Å². The van der Waals surface area contributed by atoms with Gasteiger partial charge < -0.3 is 9.84 Å². The van der Waals surface area contributed by atoms with Crippen LogP contribution >= 0.6 is 30.3 Å². The van der Waals surface area contributed by atoms with Gasteiger partial charge in [-0.25, -0.2) is 9.78 Å². The minimum Gasteiger partial charge on any atom is -0.496 e. The van der Waals surface area contributed by atoms with Gasteiger partial charge in [-0.3, -0.25) is 3.97 Å². The third-order valence-electron chi connectivity index (χ3n) is 2.17. The van der Waals surface area contributed by atoms with E-state index in [0.717, 1.165) is 15.2 Å². The van der Waals surface area contributed by atoms with E-state index in [1.807, 2.05) is 21.2 Å². The molecule has 2 aromatic rings. The number of hydrogen-bond donors (Lipinski definition) is 1. The summed E-state index contributed by atoms with van der Waals surface area (Å²) in [6.45, 7) is 0. The highest BCUT2D eigenvalue weighted by atomic mass is 127. The van der Waals surface area contributed by atoms with Crippen molar-refractivity contribution in [2.45, 2.75) is 0 Å². The molecule has 2 rings (SSSR count). The van der Waals surface area contributed by atoms with Crippen molar-refractivity contribution < 1.29 is 19.0 Å². The van der Waals surface area contributed by atoms with E-state index in [2.05, 4.69) is 4.98 Å². The van der Waals surface area contributed by atoms with Crippen LogP contribution in [0.1, 0.15) is 10.5 Å². The number of pyridine rings is 1. The van der Waals surface area contributed by atoms with Crippen LogP contribution in [-0.2, 0) is 0 Å². The van der Waals surface area contributed by atoms with E-state index in [-0.39, 0.29) is 17.1 Å². The van der Waals surface area contributed by atoms with Gasteiger partial charge in [-0.05, 0) is 6.07 Å². The molecule has 0 aromatic carbocycles. The number of carboxylic acid groups (broad SMARTS) is 1. The average Bonchev–Trinajstić information content (AvgIpc) is 2.66. The summed E-state index contributed by atoms with van der Waals surface area (Å²) >= 11 is 1.91. The molecule has 1 N–H and O–H groups in total. The first-order chi connectivity index (χ1) is 8.08. The molecule has 8 heteroatoms. The summed E-state index contributed by atoms with van der Waals surface area (Å²) in [6, 6.07) is 2.53. The molecule has 2 heterocycles. The van der Waals surface area contributed by atoms with Crippen LogP contribution in [0.3, 0.4) is 0 Å². The Morgan fingerprint density at radius 1 is 1.65 bits per heavy atom. The molecule has 0 radical (unpaired) electrons. The maximum absolute atomic E-state index is 13.2. The molecule has 0 saturated carbocycles. The van der Waals surface area contributed by atoms with Crippen LogP contribution in [0.5, 0.6) is 5.75 Å². The molecular formula is C9H6FIN2O3S. The van der Waals surface area contributed by atoms with Crippen molar-refractivity contribution in [1.82, 2.24) is 8.96 Å². The number of carboxylic acids is 1. The first kappa shape index (κ1) is 12.4. The Kier molecular flexibility index (Phi) is 3.43. The zero-order valence-electron chi connectivity index (χ0n) is 8.48. The van der Waals surface area contributed by atoms with Crippen LogP contribution in [-0.4, -0.2) is 27.1 Å². The van der Waals surface area contributed by atoms with E-state index in [9.17, 15) is 9.18 Å². The lowest BCUT2D eigenvalue weighted by Crippen LogP contribution is -2.02. The van der Waals surface area contributed by atoms with Crippen molar-refractivity contribution in [2.75, 3.05) is 7.11 Å². The van der Waals surface area contributed by atoms with Gasteiger partial charge in [0.05, 0.1) is 12.5 Å². The van der Waals surface area contributed by atoms with E-state index < -0.39 is 11.9 Å². The fourth-order valence-corrected chi connectivity index (χ4v) is 3.08. The third-order valence-corrected chi connectivity index (χ3v) is 3.86. The zero-order chi connectivity index (χ0) is 12.6. The van der Waals surface area contributed by atoms with Crippen molar-refractivity contribution in [3.8, 4) is 5.75 Å². The first-order valence-corrected chi connectivity index (χ1v) is 7.68. The first-order valence-electron chi connectivity index (χ1n) is 4.37. The lowest BCUT2D eigenvalue weighted by atomic mass is 10.3. The maximum Gasteiger partial charge on any atom is 0.353 e. The van der Waals surface area contributed by atoms with Crippen molar-refractivity contribution in [1.29, 1.82) is 0 Å². The van der Waals surface area contributed by atoms with Crippen molar-refractivity contribution in [3.05, 3.63) is 23.8 Å². The van der Waals surface area contributed by atoms with Crippen LogP contribution in [0, 0.1) is 5.95 Å². The Labute approximate surface area is 112 Å². The molecule has 0 atom stereocenters. The molecule has 17 heavy (non-hydrogen) atoms. The molecule has 0 aliphatic heterocycles. The molecule has 0 aliphatic rings. The Morgan fingerprint density at radius 2 is 2.35 bits per heavy atom. The number of aromatic nitrogens is 2. The second kappa shape index (κ2) is 4.69. The fraction of sp³-hybridized carbons (Fsp3) is 0.111. The number of nitrogens with zero attached hydrogens (tertiary/aromatic N) is 2. The average molecular weight is 368 g/mol. The summed E-state index contributed by atoms with van der Waals surface area (Å²) in [4.78, 5) is 14.7. The Balaban J connectivity index is 2.85. The van der Waals surface area contributed by atoms with Gasteiger partial charge in [-0.1, -0.05) is 0 Å². The topological polar surface area (TPSA) is 64.3 Å². The highest BCUT2D eigenvalue weighted by Gasteiger charge is 2.19. The predicted octanol–water partition coefficient (Wildman–Crippen LogP) is 2.73. The Hall–Kier alpha value is -1.03. The van der Waals surface area contributed by atoms with Crippen molar-refractivity contribution >= 4 is 47.3 Å². The lowest BCUT2D eigenvalue weighted by Gasteiger charge is -2.03. The second-order valence-corrected chi connectivity index (χ2v) is 4.77. The smallest absolute Gasteiger partial charge is 0.353 e. The van der Waals surface area contributed by atoms with E-state index in [1.165, 1.54) is 17.1 Å². The number of methoxy groups -OCH3 is 1. The summed E-state index contributed by atoms with van der Waals surface area (Å²) in [6.07, 6.45) is 0. The summed E-state index contributed by atoms with van der Waals surface area (Å²) in [5.41, 5.74) is 0.259. The summed E-state index contributed by atoms with van der Waals surface area (Å²) < 4.78 is 19.6. The van der Waals surface area contributed by atoms with E-state index in [1.54, 1.807) is 0 Å². The lowest BCUT2D eigenvalue weighted by molar-refractivity contribution is 0.0690. The number of aromatic carboxylic acids is 1. The molecular weight excluding hydrogens is 362 g/mol. The molecule has 90 valence electrons. The molecule has 0 unspecified atom stereocenters. The van der Waals surface area contributed by atoms with Crippen molar-refractivity contribution in [3.63, 3.8) is 0 Å². The molecule has 2 aromatic heterocycles. The van der Waals surface area contributed by atoms with Crippen molar-refractivity contribution in [2.24, 2.45) is 0 Å². The van der Waals surface area contributed by atoms with Crippen LogP contribution in [0.25, 0.3) is 11.0 Å². The van der Waals surface area contributed by atoms with E-state index in [4.69, 9.17) is 9.84 Å². The number of rotatable bonds is 3. The summed E-state index contributed by atoms with van der Waals surface area (Å²) in [7, 11) is 2.50. The number of halogens is 2. The standard InChI is InChI=1S/C9H6FIN2O3S/c1-16-6-3-7(10)12-8-4(6)2-5(9(14)15)13(8)17-11/h2-3H,1H3,(H,14,15). The van der Waals surface area contributed by atoms with Crippen LogP contribution in [0.2, 0.25) is 0 Å². The SMILES string of the molecule is COc1cc(F)nc2c1cc(C(=O)O)n2SI. The monoisotopic (exact) mass is 368 g/mol. The zero-order valence-corrected chi connectivity index (χ0v) is 11.5. The van der Waals surface area contributed by atoms with E-state index in [0.29, 0.717) is 5.39 Å². The quantitative estimate of drug-likeness (QED) is 0.667.